The fourth-order valence-electron chi connectivity index (χ4n) is 5.32. The fourth-order valence-corrected chi connectivity index (χ4v) is 5.32. The molecular weight excluding hydrogens is 440 g/mol. The number of pyridine rings is 2. The number of anilines is 2. The van der Waals surface area contributed by atoms with Crippen molar-refractivity contribution in [2.24, 2.45) is 11.8 Å². The molecule has 3 aromatic heterocycles. The van der Waals surface area contributed by atoms with Crippen molar-refractivity contribution in [1.82, 2.24) is 25.1 Å². The van der Waals surface area contributed by atoms with Gasteiger partial charge in [-0.05, 0) is 48.6 Å². The largest absolute Gasteiger partial charge is 0.383 e. The minimum atomic E-state index is -2.50. The molecular formula is C24H25F2N7O. The van der Waals surface area contributed by atoms with Crippen molar-refractivity contribution < 1.29 is 13.6 Å². The van der Waals surface area contributed by atoms with E-state index in [4.69, 9.17) is 5.73 Å². The molecule has 0 spiro atoms. The van der Waals surface area contributed by atoms with Gasteiger partial charge in [0.15, 0.2) is 0 Å². The van der Waals surface area contributed by atoms with Gasteiger partial charge < -0.3 is 16.0 Å². The van der Waals surface area contributed by atoms with E-state index in [2.05, 4.69) is 20.4 Å². The van der Waals surface area contributed by atoms with Gasteiger partial charge in [-0.25, -0.2) is 18.7 Å². The molecule has 176 valence electrons. The number of rotatable bonds is 5. The quantitative estimate of drug-likeness (QED) is 0.601. The Bertz CT molecular complexity index is 1280. The Balaban J connectivity index is 1.10. The molecule has 3 aliphatic rings. The van der Waals surface area contributed by atoms with Gasteiger partial charge in [0.05, 0.1) is 36.2 Å². The van der Waals surface area contributed by atoms with Gasteiger partial charge in [-0.15, -0.1) is 0 Å². The standard InChI is InChI=1S/C24H25F2N7O/c1-13-14(2-5-21(30-13)32-11-18-19(12-32)24(18,25)26)9-33-10-15(8-29-33)23(34)31-20-4-3-17-16(20)6-7-28-22(17)27/h2,5-8,10,18-20H,3-4,9,11-12H2,1H3,(H2,27,28)(H,31,34)/t18?,19?,20-/m1/s1. The van der Waals surface area contributed by atoms with Gasteiger partial charge in [0.25, 0.3) is 11.8 Å². The predicted octanol–water partition coefficient (Wildman–Crippen LogP) is 2.73. The smallest absolute Gasteiger partial charge is 0.258 e. The molecule has 1 saturated heterocycles. The summed E-state index contributed by atoms with van der Waals surface area (Å²) in [5.74, 6) is -2.49. The number of amides is 1. The molecule has 0 radical (unpaired) electrons. The van der Waals surface area contributed by atoms with Crippen LogP contribution in [0.5, 0.6) is 0 Å². The van der Waals surface area contributed by atoms with Crippen molar-refractivity contribution in [1.29, 1.82) is 0 Å². The first-order valence-electron chi connectivity index (χ1n) is 11.5. The minimum absolute atomic E-state index is 0.0910. The summed E-state index contributed by atoms with van der Waals surface area (Å²) in [5, 5.41) is 7.41. The van der Waals surface area contributed by atoms with Gasteiger partial charge in [0.2, 0.25) is 0 Å². The normalized spacial score (nSPS) is 24.1. The molecule has 3 atom stereocenters. The van der Waals surface area contributed by atoms with Crippen LogP contribution in [0, 0.1) is 18.8 Å². The molecule has 1 amide bonds. The molecule has 1 aliphatic heterocycles. The maximum Gasteiger partial charge on any atom is 0.258 e. The molecule has 3 aromatic rings. The second-order valence-electron chi connectivity index (χ2n) is 9.46. The number of carbonyl (C=O) groups excluding carboxylic acids is 1. The zero-order chi connectivity index (χ0) is 23.6. The molecule has 0 bridgehead atoms. The van der Waals surface area contributed by atoms with Crippen LogP contribution in [0.1, 0.15) is 45.2 Å². The van der Waals surface area contributed by atoms with Crippen molar-refractivity contribution in [3.05, 3.63) is 64.7 Å². The van der Waals surface area contributed by atoms with Crippen molar-refractivity contribution >= 4 is 17.5 Å². The second-order valence-corrected chi connectivity index (χ2v) is 9.46. The average molecular weight is 466 g/mol. The number of halogens is 2. The third kappa shape index (κ3) is 3.39. The van der Waals surface area contributed by atoms with Crippen LogP contribution in [0.25, 0.3) is 0 Å². The lowest BCUT2D eigenvalue weighted by Gasteiger charge is -2.21. The molecule has 2 fully saturated rings. The lowest BCUT2D eigenvalue weighted by atomic mass is 10.1. The molecule has 6 rings (SSSR count). The number of aryl methyl sites for hydroxylation is 1. The Kier molecular flexibility index (Phi) is 4.62. The van der Waals surface area contributed by atoms with Crippen LogP contribution in [-0.2, 0) is 13.0 Å². The van der Waals surface area contributed by atoms with Crippen molar-refractivity contribution in [2.75, 3.05) is 23.7 Å². The van der Waals surface area contributed by atoms with E-state index < -0.39 is 17.8 Å². The van der Waals surface area contributed by atoms with E-state index in [1.807, 2.05) is 30.0 Å². The third-order valence-corrected chi connectivity index (χ3v) is 7.42. The van der Waals surface area contributed by atoms with E-state index >= 15 is 0 Å². The summed E-state index contributed by atoms with van der Waals surface area (Å²) >= 11 is 0. The minimum Gasteiger partial charge on any atom is -0.383 e. The summed E-state index contributed by atoms with van der Waals surface area (Å²) in [5.41, 5.74) is 10.2. The molecule has 1 saturated carbocycles. The summed E-state index contributed by atoms with van der Waals surface area (Å²) in [6.45, 7) is 3.08. The molecule has 4 heterocycles. The lowest BCUT2D eigenvalue weighted by Crippen LogP contribution is -2.28. The third-order valence-electron chi connectivity index (χ3n) is 7.42. The average Bonchev–Trinajstić information content (AvgIpc) is 3.37. The number of hydrogen-bond acceptors (Lipinski definition) is 6. The Morgan fingerprint density at radius 1 is 1.26 bits per heavy atom. The maximum absolute atomic E-state index is 13.5. The fraction of sp³-hybridized carbons (Fsp3) is 0.417. The number of fused-ring (bicyclic) bond motifs is 2. The molecule has 8 nitrogen and oxygen atoms in total. The molecule has 34 heavy (non-hydrogen) atoms. The lowest BCUT2D eigenvalue weighted by molar-refractivity contribution is 0.0796. The van der Waals surface area contributed by atoms with Crippen LogP contribution < -0.4 is 16.0 Å². The van der Waals surface area contributed by atoms with Crippen LogP contribution in [0.2, 0.25) is 0 Å². The van der Waals surface area contributed by atoms with Crippen LogP contribution in [0.3, 0.4) is 0 Å². The van der Waals surface area contributed by atoms with Crippen LogP contribution in [0.4, 0.5) is 20.4 Å². The van der Waals surface area contributed by atoms with E-state index in [1.165, 1.54) is 0 Å². The first kappa shape index (κ1) is 21.0. The van der Waals surface area contributed by atoms with Gasteiger partial charge in [-0.3, -0.25) is 9.48 Å². The van der Waals surface area contributed by atoms with E-state index in [0.717, 1.165) is 41.0 Å². The predicted molar refractivity (Wildman–Crippen MR) is 122 cm³/mol. The number of nitrogen functional groups attached to an aromatic ring is 1. The SMILES string of the molecule is Cc1nc(N2CC3C(C2)C3(F)F)ccc1Cn1cc(C(=O)N[C@@H]2CCc3c2ccnc3N)cn1. The molecule has 3 N–H and O–H groups in total. The topological polar surface area (TPSA) is 102 Å². The Morgan fingerprint density at radius 3 is 2.82 bits per heavy atom. The number of piperidine rings is 1. The number of nitrogens with one attached hydrogen (secondary N) is 1. The van der Waals surface area contributed by atoms with Crippen molar-refractivity contribution in [3.63, 3.8) is 0 Å². The van der Waals surface area contributed by atoms with Crippen molar-refractivity contribution in [2.45, 2.75) is 38.3 Å². The van der Waals surface area contributed by atoms with Crippen LogP contribution in [-0.4, -0.2) is 44.7 Å². The van der Waals surface area contributed by atoms with Crippen molar-refractivity contribution in [3.8, 4) is 0 Å². The highest BCUT2D eigenvalue weighted by atomic mass is 19.3. The number of hydrogen-bond donors (Lipinski definition) is 2. The number of nitrogens with two attached hydrogens (primary N) is 1. The van der Waals surface area contributed by atoms with Gasteiger partial charge >= 0.3 is 0 Å². The van der Waals surface area contributed by atoms with Gasteiger partial charge in [0, 0.05) is 31.2 Å². The Hall–Kier alpha value is -3.56. The Labute approximate surface area is 195 Å². The maximum atomic E-state index is 13.5. The Morgan fingerprint density at radius 2 is 2.06 bits per heavy atom. The first-order valence-corrected chi connectivity index (χ1v) is 11.5. The second kappa shape index (κ2) is 7.48. The molecule has 10 heteroatoms. The number of carbonyl (C=O) groups is 1. The summed E-state index contributed by atoms with van der Waals surface area (Å²) in [6.07, 6.45) is 6.52. The zero-order valence-electron chi connectivity index (χ0n) is 18.7. The van der Waals surface area contributed by atoms with E-state index in [1.54, 1.807) is 23.3 Å². The van der Waals surface area contributed by atoms with Crippen LogP contribution >= 0.6 is 0 Å². The molecule has 0 aromatic carbocycles. The highest BCUT2D eigenvalue weighted by Gasteiger charge is 2.71. The van der Waals surface area contributed by atoms with E-state index in [0.29, 0.717) is 31.0 Å². The van der Waals surface area contributed by atoms with Gasteiger partial charge in [0.1, 0.15) is 11.6 Å². The van der Waals surface area contributed by atoms with E-state index in [9.17, 15) is 13.6 Å². The number of alkyl halides is 2. The highest BCUT2D eigenvalue weighted by molar-refractivity contribution is 5.94. The molecule has 2 aliphatic carbocycles. The summed E-state index contributed by atoms with van der Waals surface area (Å²) in [4.78, 5) is 23.5. The van der Waals surface area contributed by atoms with E-state index in [-0.39, 0.29) is 11.9 Å². The van der Waals surface area contributed by atoms with Gasteiger partial charge in [-0.1, -0.05) is 6.07 Å². The monoisotopic (exact) mass is 465 g/mol. The van der Waals surface area contributed by atoms with Crippen LogP contribution in [0.15, 0.2) is 36.8 Å². The molecule has 2 unspecified atom stereocenters. The number of aromatic nitrogens is 4. The number of nitrogens with zero attached hydrogens (tertiary/aromatic N) is 5. The first-order chi connectivity index (χ1) is 16.3. The summed E-state index contributed by atoms with van der Waals surface area (Å²) < 4.78 is 28.7. The highest BCUT2D eigenvalue weighted by Crippen LogP contribution is 2.59. The summed E-state index contributed by atoms with van der Waals surface area (Å²) in [7, 11) is 0. The summed E-state index contributed by atoms with van der Waals surface area (Å²) in [6, 6.07) is 5.64. The van der Waals surface area contributed by atoms with Gasteiger partial charge in [-0.2, -0.15) is 5.10 Å². The zero-order valence-corrected chi connectivity index (χ0v) is 18.7.